The molecule has 3 fully saturated rings. The summed E-state index contributed by atoms with van der Waals surface area (Å²) in [6, 6.07) is 7.53. The number of benzene rings is 1. The molecule has 5 heteroatoms. The van der Waals surface area contributed by atoms with Crippen LogP contribution in [0.15, 0.2) is 29.4 Å². The number of carbonyl (C=O) groups is 1. The lowest BCUT2D eigenvalue weighted by Gasteiger charge is -2.44. The SMILES string of the molecule is C[C@]12CC[C@H]3C[C@@]1(C(N)=O)N(/N=C\c1ccc(Cl)cc1)C[C@@]32C. The highest BCUT2D eigenvalue weighted by Crippen LogP contribution is 2.75. The largest absolute Gasteiger partial charge is 0.368 e. The molecule has 1 aliphatic heterocycles. The normalized spacial score (nSPS) is 41.2. The number of rotatable bonds is 3. The van der Waals surface area contributed by atoms with Gasteiger partial charge >= 0.3 is 0 Å². The molecule has 2 aliphatic carbocycles. The minimum absolute atomic E-state index is 0.0756. The molecule has 23 heavy (non-hydrogen) atoms. The smallest absolute Gasteiger partial charge is 0.245 e. The zero-order valence-electron chi connectivity index (χ0n) is 13.6. The van der Waals surface area contributed by atoms with E-state index >= 15 is 0 Å². The summed E-state index contributed by atoms with van der Waals surface area (Å²) in [6.07, 6.45) is 4.91. The number of carbonyl (C=O) groups excluding carboxylic acids is 1. The van der Waals surface area contributed by atoms with Crippen molar-refractivity contribution in [1.82, 2.24) is 5.01 Å². The number of primary amides is 1. The van der Waals surface area contributed by atoms with E-state index in [1.807, 2.05) is 35.5 Å². The Labute approximate surface area is 141 Å². The van der Waals surface area contributed by atoms with Crippen LogP contribution in [0.3, 0.4) is 0 Å². The summed E-state index contributed by atoms with van der Waals surface area (Å²) < 4.78 is 0. The van der Waals surface area contributed by atoms with Crippen LogP contribution in [0.1, 0.15) is 38.7 Å². The van der Waals surface area contributed by atoms with Gasteiger partial charge < -0.3 is 5.73 Å². The first-order chi connectivity index (χ1) is 10.8. The van der Waals surface area contributed by atoms with E-state index in [1.165, 1.54) is 6.42 Å². The van der Waals surface area contributed by atoms with Crippen LogP contribution >= 0.6 is 11.6 Å². The molecule has 1 heterocycles. The minimum Gasteiger partial charge on any atom is -0.368 e. The van der Waals surface area contributed by atoms with Crippen LogP contribution in [0.4, 0.5) is 0 Å². The number of hydrogen-bond acceptors (Lipinski definition) is 3. The van der Waals surface area contributed by atoms with Crippen molar-refractivity contribution in [2.24, 2.45) is 27.6 Å². The molecule has 1 saturated heterocycles. The molecule has 122 valence electrons. The molecule has 4 rings (SSSR count). The van der Waals surface area contributed by atoms with Crippen LogP contribution in [0.2, 0.25) is 5.02 Å². The van der Waals surface area contributed by atoms with E-state index in [4.69, 9.17) is 17.3 Å². The van der Waals surface area contributed by atoms with Gasteiger partial charge in [0.2, 0.25) is 5.91 Å². The third-order valence-corrected chi connectivity index (χ3v) is 7.40. The van der Waals surface area contributed by atoms with E-state index in [9.17, 15) is 4.79 Å². The van der Waals surface area contributed by atoms with Gasteiger partial charge in [-0.15, -0.1) is 0 Å². The Hall–Kier alpha value is -1.55. The quantitative estimate of drug-likeness (QED) is 0.865. The first-order valence-corrected chi connectivity index (χ1v) is 8.58. The van der Waals surface area contributed by atoms with Crippen molar-refractivity contribution in [1.29, 1.82) is 0 Å². The van der Waals surface area contributed by atoms with Crippen LogP contribution in [-0.4, -0.2) is 29.2 Å². The minimum atomic E-state index is -0.631. The molecule has 4 nitrogen and oxygen atoms in total. The van der Waals surface area contributed by atoms with E-state index in [-0.39, 0.29) is 16.7 Å². The predicted molar refractivity (Wildman–Crippen MR) is 91.2 cm³/mol. The maximum atomic E-state index is 12.5. The molecule has 3 aliphatic rings. The summed E-state index contributed by atoms with van der Waals surface area (Å²) in [6.45, 7) is 5.36. The number of halogens is 1. The van der Waals surface area contributed by atoms with E-state index in [1.54, 1.807) is 0 Å². The number of hydrogen-bond donors (Lipinski definition) is 1. The fourth-order valence-corrected chi connectivity index (χ4v) is 5.70. The average Bonchev–Trinajstić information content (AvgIpc) is 2.96. The highest BCUT2D eigenvalue weighted by Gasteiger charge is 2.80. The number of piperidine rings is 1. The van der Waals surface area contributed by atoms with Crippen LogP contribution in [-0.2, 0) is 4.79 Å². The second-order valence-electron chi connectivity index (χ2n) is 7.77. The Balaban J connectivity index is 1.71. The summed E-state index contributed by atoms with van der Waals surface area (Å²) in [5.74, 6) is 0.362. The summed E-state index contributed by atoms with van der Waals surface area (Å²) >= 11 is 5.92. The number of amides is 1. The van der Waals surface area contributed by atoms with Crippen LogP contribution < -0.4 is 5.73 Å². The van der Waals surface area contributed by atoms with Crippen molar-refractivity contribution in [3.63, 3.8) is 0 Å². The Morgan fingerprint density at radius 1 is 1.39 bits per heavy atom. The number of hydrazone groups is 1. The lowest BCUT2D eigenvalue weighted by molar-refractivity contribution is -0.135. The van der Waals surface area contributed by atoms with E-state index in [0.29, 0.717) is 10.9 Å². The Morgan fingerprint density at radius 2 is 2.09 bits per heavy atom. The van der Waals surface area contributed by atoms with Gasteiger partial charge in [-0.3, -0.25) is 9.80 Å². The first kappa shape index (κ1) is 15.0. The molecule has 2 N–H and O–H groups in total. The summed E-state index contributed by atoms with van der Waals surface area (Å²) in [7, 11) is 0. The Kier molecular flexibility index (Phi) is 2.94. The Bertz CT molecular complexity index is 703. The van der Waals surface area contributed by atoms with Crippen LogP contribution in [0.25, 0.3) is 0 Å². The standard InChI is InChI=1S/C18H22ClN3O/c1-16-11-22(21-10-12-3-5-14(19)6-4-12)18(15(20)23)9-13(16)7-8-17(16,18)2/h3-6,10,13H,7-9,11H2,1-2H3,(H2,20,23)/b21-10-/t13-,16-,17+,18-/m0/s1. The van der Waals surface area contributed by atoms with Gasteiger partial charge in [-0.25, -0.2) is 0 Å². The topological polar surface area (TPSA) is 58.7 Å². The van der Waals surface area contributed by atoms with E-state index < -0.39 is 5.54 Å². The van der Waals surface area contributed by atoms with Gasteiger partial charge in [-0.05, 0) is 48.3 Å². The fourth-order valence-electron chi connectivity index (χ4n) is 5.57. The van der Waals surface area contributed by atoms with Crippen molar-refractivity contribution in [2.45, 2.75) is 38.6 Å². The van der Waals surface area contributed by atoms with Gasteiger partial charge in [-0.2, -0.15) is 5.10 Å². The molecule has 0 spiro atoms. The van der Waals surface area contributed by atoms with E-state index in [0.717, 1.165) is 24.9 Å². The molecule has 0 radical (unpaired) electrons. The van der Waals surface area contributed by atoms with Crippen molar-refractivity contribution in [3.05, 3.63) is 34.9 Å². The van der Waals surface area contributed by atoms with Crippen molar-refractivity contribution < 1.29 is 4.79 Å². The third kappa shape index (κ3) is 1.63. The van der Waals surface area contributed by atoms with Crippen LogP contribution in [0.5, 0.6) is 0 Å². The van der Waals surface area contributed by atoms with Gasteiger partial charge in [0.05, 0.1) is 6.21 Å². The molecular weight excluding hydrogens is 310 g/mol. The molecule has 4 bridgehead atoms. The lowest BCUT2D eigenvalue weighted by Crippen LogP contribution is -2.60. The van der Waals surface area contributed by atoms with Crippen molar-refractivity contribution in [2.75, 3.05) is 6.54 Å². The number of nitrogens with two attached hydrogens (primary N) is 1. The van der Waals surface area contributed by atoms with Gasteiger partial charge in [-0.1, -0.05) is 37.6 Å². The fraction of sp³-hybridized carbons (Fsp3) is 0.556. The Morgan fingerprint density at radius 3 is 2.70 bits per heavy atom. The van der Waals surface area contributed by atoms with Gasteiger partial charge in [0.1, 0.15) is 5.54 Å². The second kappa shape index (κ2) is 4.50. The molecule has 2 saturated carbocycles. The van der Waals surface area contributed by atoms with Crippen molar-refractivity contribution in [3.8, 4) is 0 Å². The monoisotopic (exact) mass is 331 g/mol. The molecule has 1 aromatic rings. The third-order valence-electron chi connectivity index (χ3n) is 7.15. The number of nitrogens with zero attached hydrogens (tertiary/aromatic N) is 2. The maximum absolute atomic E-state index is 12.5. The predicted octanol–water partition coefficient (Wildman–Crippen LogP) is 3.04. The van der Waals surface area contributed by atoms with Crippen molar-refractivity contribution >= 4 is 23.7 Å². The highest BCUT2D eigenvalue weighted by atomic mass is 35.5. The van der Waals surface area contributed by atoms with E-state index in [2.05, 4.69) is 18.9 Å². The van der Waals surface area contributed by atoms with Gasteiger partial charge in [0.25, 0.3) is 0 Å². The molecule has 1 aromatic carbocycles. The molecule has 4 atom stereocenters. The molecular formula is C18H22ClN3O. The van der Waals surface area contributed by atoms with Crippen LogP contribution in [0, 0.1) is 16.7 Å². The summed E-state index contributed by atoms with van der Waals surface area (Å²) in [5.41, 5.74) is 6.29. The zero-order valence-corrected chi connectivity index (χ0v) is 14.3. The second-order valence-corrected chi connectivity index (χ2v) is 8.20. The average molecular weight is 332 g/mol. The first-order valence-electron chi connectivity index (χ1n) is 8.21. The zero-order chi connectivity index (χ0) is 16.5. The molecule has 0 unspecified atom stereocenters. The highest BCUT2D eigenvalue weighted by molar-refractivity contribution is 6.30. The van der Waals surface area contributed by atoms with Gasteiger partial charge in [0, 0.05) is 17.0 Å². The van der Waals surface area contributed by atoms with Gasteiger partial charge in [0.15, 0.2) is 0 Å². The summed E-state index contributed by atoms with van der Waals surface area (Å²) in [4.78, 5) is 12.5. The summed E-state index contributed by atoms with van der Waals surface area (Å²) in [5, 5.41) is 7.35. The molecule has 0 aromatic heterocycles. The maximum Gasteiger partial charge on any atom is 0.245 e. The molecule has 1 amide bonds. The lowest BCUT2D eigenvalue weighted by atomic mass is 9.65.